The molecule has 1 saturated heterocycles. The van der Waals surface area contributed by atoms with Crippen molar-refractivity contribution in [1.82, 2.24) is 4.98 Å². The Hall–Kier alpha value is -2.02. The van der Waals surface area contributed by atoms with Gasteiger partial charge in [0, 0.05) is 6.54 Å². The summed E-state index contributed by atoms with van der Waals surface area (Å²) in [6.45, 7) is 0.429. The molecule has 7 heteroatoms. The van der Waals surface area contributed by atoms with Gasteiger partial charge in [0.1, 0.15) is 5.82 Å². The molecule has 1 fully saturated rings. The van der Waals surface area contributed by atoms with Gasteiger partial charge >= 0.3 is 5.97 Å². The minimum absolute atomic E-state index is 0.248. The minimum Gasteiger partial charge on any atom is -0.480 e. The Labute approximate surface area is 104 Å². The highest BCUT2D eigenvalue weighted by atomic mass is 16.5. The van der Waals surface area contributed by atoms with Gasteiger partial charge in [-0.15, -0.1) is 0 Å². The molecule has 0 radical (unpaired) electrons. The molecule has 2 unspecified atom stereocenters. The van der Waals surface area contributed by atoms with E-state index in [-0.39, 0.29) is 5.88 Å². The summed E-state index contributed by atoms with van der Waals surface area (Å²) in [6.07, 6.45) is -0.501. The molecule has 7 nitrogen and oxygen atoms in total. The zero-order valence-corrected chi connectivity index (χ0v) is 9.91. The van der Waals surface area contributed by atoms with Crippen molar-refractivity contribution in [2.75, 3.05) is 24.3 Å². The molecule has 0 saturated carbocycles. The number of methoxy groups -OCH3 is 1. The van der Waals surface area contributed by atoms with Gasteiger partial charge in [-0.25, -0.2) is 4.79 Å². The zero-order valence-electron chi connectivity index (χ0n) is 9.91. The monoisotopic (exact) mass is 253 g/mol. The number of hydrogen-bond acceptors (Lipinski definition) is 6. The van der Waals surface area contributed by atoms with Crippen LogP contribution in [0, 0.1) is 0 Å². The van der Waals surface area contributed by atoms with Crippen LogP contribution >= 0.6 is 0 Å². The van der Waals surface area contributed by atoms with E-state index in [1.54, 1.807) is 12.1 Å². The predicted molar refractivity (Wildman–Crippen MR) is 64.6 cm³/mol. The van der Waals surface area contributed by atoms with Crippen LogP contribution in [0.4, 0.5) is 11.5 Å². The Balaban J connectivity index is 2.33. The average molecular weight is 253 g/mol. The van der Waals surface area contributed by atoms with Gasteiger partial charge < -0.3 is 25.6 Å². The number of pyridine rings is 1. The van der Waals surface area contributed by atoms with Crippen molar-refractivity contribution in [3.8, 4) is 5.88 Å². The molecule has 1 aromatic rings. The number of ether oxygens (including phenoxy) is 1. The van der Waals surface area contributed by atoms with Crippen LogP contribution < -0.4 is 15.4 Å². The highest BCUT2D eigenvalue weighted by Gasteiger charge is 2.39. The average Bonchev–Trinajstić information content (AvgIpc) is 2.72. The summed E-state index contributed by atoms with van der Waals surface area (Å²) in [5.41, 5.74) is 6.03. The number of rotatable bonds is 3. The molecule has 1 aliphatic heterocycles. The highest BCUT2D eigenvalue weighted by molar-refractivity contribution is 5.79. The van der Waals surface area contributed by atoms with Gasteiger partial charge in [-0.1, -0.05) is 0 Å². The fourth-order valence-corrected chi connectivity index (χ4v) is 2.10. The van der Waals surface area contributed by atoms with Crippen molar-refractivity contribution < 1.29 is 19.7 Å². The van der Waals surface area contributed by atoms with E-state index >= 15 is 0 Å². The number of nitrogen functional groups attached to an aromatic ring is 1. The van der Waals surface area contributed by atoms with Crippen LogP contribution in [0.3, 0.4) is 0 Å². The number of aliphatic carboxylic acids is 1. The molecule has 0 amide bonds. The molecule has 1 aromatic heterocycles. The number of aliphatic hydroxyl groups excluding tert-OH is 1. The molecule has 2 atom stereocenters. The number of aliphatic hydroxyl groups is 1. The van der Waals surface area contributed by atoms with E-state index in [1.807, 2.05) is 0 Å². The molecule has 2 rings (SSSR count). The molecule has 98 valence electrons. The Bertz CT molecular complexity index is 466. The SMILES string of the molecule is COc1nc(N2CCC(O)C2C(=O)O)ccc1N. The standard InChI is InChI=1S/C11H15N3O4/c1-18-10-6(12)2-3-8(13-10)14-5-4-7(15)9(14)11(16)17/h2-3,7,9,15H,4-5,12H2,1H3,(H,16,17). The number of aromatic nitrogens is 1. The first-order chi connectivity index (χ1) is 8.54. The molecule has 18 heavy (non-hydrogen) atoms. The second-order valence-electron chi connectivity index (χ2n) is 4.10. The molecule has 0 aliphatic carbocycles. The number of carbonyl (C=O) groups is 1. The molecule has 0 aromatic carbocycles. The number of carboxylic acid groups (broad SMARTS) is 1. The van der Waals surface area contributed by atoms with Gasteiger partial charge in [-0.05, 0) is 18.6 Å². The summed E-state index contributed by atoms with van der Waals surface area (Å²) in [6, 6.07) is 2.24. The largest absolute Gasteiger partial charge is 0.480 e. The van der Waals surface area contributed by atoms with E-state index in [1.165, 1.54) is 12.0 Å². The molecule has 0 spiro atoms. The fourth-order valence-electron chi connectivity index (χ4n) is 2.10. The van der Waals surface area contributed by atoms with Crippen LogP contribution in [0.25, 0.3) is 0 Å². The van der Waals surface area contributed by atoms with Gasteiger partial charge in [0.05, 0.1) is 18.9 Å². The lowest BCUT2D eigenvalue weighted by molar-refractivity contribution is -0.140. The third-order valence-electron chi connectivity index (χ3n) is 2.98. The lowest BCUT2D eigenvalue weighted by Crippen LogP contribution is -2.42. The van der Waals surface area contributed by atoms with Gasteiger partial charge in [0.2, 0.25) is 5.88 Å². The number of anilines is 2. The van der Waals surface area contributed by atoms with E-state index in [2.05, 4.69) is 4.98 Å². The first-order valence-electron chi connectivity index (χ1n) is 5.52. The third kappa shape index (κ3) is 2.04. The normalized spacial score (nSPS) is 23.1. The van der Waals surface area contributed by atoms with Gasteiger partial charge in [0.25, 0.3) is 0 Å². The van der Waals surface area contributed by atoms with E-state index in [4.69, 9.17) is 15.6 Å². The number of carboxylic acids is 1. The van der Waals surface area contributed by atoms with Gasteiger partial charge in [-0.2, -0.15) is 4.98 Å². The molecule has 0 bridgehead atoms. The van der Waals surface area contributed by atoms with Crippen molar-refractivity contribution in [2.45, 2.75) is 18.6 Å². The minimum atomic E-state index is -1.07. The maximum absolute atomic E-state index is 11.1. The molecule has 1 aliphatic rings. The summed E-state index contributed by atoms with van der Waals surface area (Å²) in [7, 11) is 1.44. The van der Waals surface area contributed by atoms with Crippen LogP contribution in [0.15, 0.2) is 12.1 Å². The summed E-state index contributed by atoms with van der Waals surface area (Å²) >= 11 is 0. The fraction of sp³-hybridized carbons (Fsp3) is 0.455. The Morgan fingerprint density at radius 1 is 1.61 bits per heavy atom. The smallest absolute Gasteiger partial charge is 0.329 e. The maximum atomic E-state index is 11.1. The summed E-state index contributed by atoms with van der Waals surface area (Å²) in [4.78, 5) is 16.8. The molecule has 4 N–H and O–H groups in total. The Morgan fingerprint density at radius 2 is 2.33 bits per heavy atom. The van der Waals surface area contributed by atoms with Crippen LogP contribution in [0.1, 0.15) is 6.42 Å². The Morgan fingerprint density at radius 3 is 2.94 bits per heavy atom. The second-order valence-corrected chi connectivity index (χ2v) is 4.10. The molecular weight excluding hydrogens is 238 g/mol. The van der Waals surface area contributed by atoms with Gasteiger partial charge in [-0.3, -0.25) is 0 Å². The lowest BCUT2D eigenvalue weighted by Gasteiger charge is -2.24. The molecular formula is C11H15N3O4. The van der Waals surface area contributed by atoms with Crippen LogP contribution in [0.2, 0.25) is 0 Å². The first kappa shape index (κ1) is 12.4. The zero-order chi connectivity index (χ0) is 13.3. The number of nitrogens with zero attached hydrogens (tertiary/aromatic N) is 2. The van der Waals surface area contributed by atoms with Crippen LogP contribution in [-0.4, -0.2) is 47.0 Å². The highest BCUT2D eigenvalue weighted by Crippen LogP contribution is 2.28. The van der Waals surface area contributed by atoms with E-state index in [9.17, 15) is 9.90 Å². The second kappa shape index (κ2) is 4.69. The number of hydrogen-bond donors (Lipinski definition) is 3. The van der Waals surface area contributed by atoms with E-state index < -0.39 is 18.1 Å². The first-order valence-corrected chi connectivity index (χ1v) is 5.52. The van der Waals surface area contributed by atoms with Crippen molar-refractivity contribution in [3.05, 3.63) is 12.1 Å². The summed E-state index contributed by atoms with van der Waals surface area (Å²) in [5.74, 6) is -0.388. The van der Waals surface area contributed by atoms with Crippen molar-refractivity contribution in [1.29, 1.82) is 0 Å². The molecule has 2 heterocycles. The van der Waals surface area contributed by atoms with E-state index in [0.29, 0.717) is 24.5 Å². The van der Waals surface area contributed by atoms with Crippen molar-refractivity contribution >= 4 is 17.5 Å². The summed E-state index contributed by atoms with van der Waals surface area (Å²) < 4.78 is 5.00. The van der Waals surface area contributed by atoms with Crippen molar-refractivity contribution in [3.63, 3.8) is 0 Å². The van der Waals surface area contributed by atoms with Crippen molar-refractivity contribution in [2.24, 2.45) is 0 Å². The number of nitrogens with two attached hydrogens (primary N) is 1. The van der Waals surface area contributed by atoms with Crippen LogP contribution in [0.5, 0.6) is 5.88 Å². The van der Waals surface area contributed by atoms with E-state index in [0.717, 1.165) is 0 Å². The predicted octanol–water partition coefficient (Wildman–Crippen LogP) is -0.303. The quantitative estimate of drug-likeness (QED) is 0.678. The Kier molecular flexibility index (Phi) is 3.24. The lowest BCUT2D eigenvalue weighted by atomic mass is 10.2. The van der Waals surface area contributed by atoms with Crippen LogP contribution in [-0.2, 0) is 4.79 Å². The summed E-state index contributed by atoms with van der Waals surface area (Å²) in [5, 5.41) is 18.8. The third-order valence-corrected chi connectivity index (χ3v) is 2.98. The van der Waals surface area contributed by atoms with Gasteiger partial charge in [0.15, 0.2) is 6.04 Å². The topological polar surface area (TPSA) is 109 Å². The maximum Gasteiger partial charge on any atom is 0.329 e.